The van der Waals surface area contributed by atoms with Gasteiger partial charge in [0.25, 0.3) is 0 Å². The van der Waals surface area contributed by atoms with E-state index in [0.717, 1.165) is 69.0 Å². The van der Waals surface area contributed by atoms with E-state index in [0.29, 0.717) is 0 Å². The topological polar surface area (TPSA) is 47.5 Å². The molecule has 0 saturated carbocycles. The summed E-state index contributed by atoms with van der Waals surface area (Å²) >= 11 is 0. The number of aryl methyl sites for hydroxylation is 3. The minimum Gasteiger partial charge on any atom is -0.497 e. The van der Waals surface area contributed by atoms with Gasteiger partial charge in [0.15, 0.2) is 0 Å². The van der Waals surface area contributed by atoms with E-state index in [9.17, 15) is 0 Å². The second kappa shape index (κ2) is 15.1. The largest absolute Gasteiger partial charge is 0.497 e. The Balaban J connectivity index is 0.000000178. The first-order chi connectivity index (χ1) is 25.6. The van der Waals surface area contributed by atoms with Gasteiger partial charge in [-0.05, 0) is 89.7 Å². The fraction of sp³-hybridized carbons (Fsp3) is 0.167. The molecule has 1 radical (unpaired) electrons. The predicted molar refractivity (Wildman–Crippen MR) is 215 cm³/mol. The van der Waals surface area contributed by atoms with E-state index in [1.807, 2.05) is 60.9 Å². The van der Waals surface area contributed by atoms with Gasteiger partial charge in [-0.1, -0.05) is 99.5 Å². The summed E-state index contributed by atoms with van der Waals surface area (Å²) in [6.07, 6.45) is 4.79. The molecule has 0 spiro atoms. The van der Waals surface area contributed by atoms with Crippen molar-refractivity contribution in [2.75, 3.05) is 4.90 Å². The minimum atomic E-state index is 0. The Labute approximate surface area is 332 Å². The average Bonchev–Trinajstić information content (AvgIpc) is 3.15. The van der Waals surface area contributed by atoms with Crippen LogP contribution < -0.4 is 14.4 Å². The summed E-state index contributed by atoms with van der Waals surface area (Å²) < 4.78 is 12.7. The smallest absolute Gasteiger partial charge is 0.138 e. The summed E-state index contributed by atoms with van der Waals surface area (Å²) in [6.45, 7) is 13.1. The maximum atomic E-state index is 6.47. The van der Waals surface area contributed by atoms with Crippen LogP contribution in [0.3, 0.4) is 0 Å². The normalized spacial score (nSPS) is 12.1. The molecule has 5 aromatic carbocycles. The Hall–Kier alpha value is -5.55. The van der Waals surface area contributed by atoms with Crippen molar-refractivity contribution in [3.8, 4) is 56.6 Å². The second-order valence-electron chi connectivity index (χ2n) is 14.9. The standard InChI is InChI=1S/C28H23N2O2.C20H18N.Ir/c1-28(2,3)17-18-14-15-29-20(16-18)19-12-13-25-26-27(19)32-24-11-7-5-9-22(24)30(26)21-8-4-6-10-23(21)31-25;1-14-8-10-17(11-9-14)20-12-19(16(3)13-21-20)18-7-5-4-6-15(18)2;/h4-11,13-16H,17H2,1-3H3;4-10,12-13H,1-3H3;/q2*-1;. The fourth-order valence-electron chi connectivity index (χ4n) is 6.97. The van der Waals surface area contributed by atoms with Gasteiger partial charge in [0.2, 0.25) is 0 Å². The molecule has 2 aliphatic heterocycles. The number of nitrogens with zero attached hydrogens (tertiary/aromatic N) is 3. The van der Waals surface area contributed by atoms with Crippen LogP contribution in [0.2, 0.25) is 0 Å². The van der Waals surface area contributed by atoms with Gasteiger partial charge in [0.1, 0.15) is 11.5 Å². The van der Waals surface area contributed by atoms with Crippen LogP contribution in [0.25, 0.3) is 33.6 Å². The molecule has 0 atom stereocenters. The quantitative estimate of drug-likeness (QED) is 0.165. The maximum Gasteiger partial charge on any atom is 0.138 e. The van der Waals surface area contributed by atoms with Gasteiger partial charge in [0.05, 0.1) is 22.9 Å². The summed E-state index contributed by atoms with van der Waals surface area (Å²) in [6, 6.07) is 45.8. The minimum absolute atomic E-state index is 0. The third kappa shape index (κ3) is 7.33. The Morgan fingerprint density at radius 3 is 2.06 bits per heavy atom. The molecule has 0 aliphatic carbocycles. The molecule has 0 amide bonds. The number of rotatable bonds is 4. The molecule has 54 heavy (non-hydrogen) atoms. The number of fused-ring (bicyclic) bond motifs is 4. The van der Waals surface area contributed by atoms with Crippen LogP contribution in [0.5, 0.6) is 23.0 Å². The first kappa shape index (κ1) is 36.8. The van der Waals surface area contributed by atoms with Gasteiger partial charge in [0, 0.05) is 38.2 Å². The van der Waals surface area contributed by atoms with E-state index in [4.69, 9.17) is 9.47 Å². The summed E-state index contributed by atoms with van der Waals surface area (Å²) in [4.78, 5) is 11.5. The van der Waals surface area contributed by atoms with Crippen molar-refractivity contribution >= 4 is 17.1 Å². The summed E-state index contributed by atoms with van der Waals surface area (Å²) in [5.74, 6) is 3.06. The van der Waals surface area contributed by atoms with Crippen molar-refractivity contribution in [2.45, 2.75) is 48.0 Å². The van der Waals surface area contributed by atoms with Gasteiger partial charge in [-0.3, -0.25) is 0 Å². The molecular weight excluding hydrogens is 843 g/mol. The van der Waals surface area contributed by atoms with Gasteiger partial charge < -0.3 is 24.3 Å². The van der Waals surface area contributed by atoms with Crippen molar-refractivity contribution in [1.29, 1.82) is 0 Å². The molecular formula is C48H41IrN3O2-2. The van der Waals surface area contributed by atoms with E-state index in [-0.39, 0.29) is 25.5 Å². The third-order valence-electron chi connectivity index (χ3n) is 9.49. The number of hydrogen-bond donors (Lipinski definition) is 0. The van der Waals surface area contributed by atoms with Crippen molar-refractivity contribution in [3.63, 3.8) is 0 Å². The Bertz CT molecular complexity index is 2460. The number of ether oxygens (including phenoxy) is 2. The molecule has 271 valence electrons. The van der Waals surface area contributed by atoms with Crippen molar-refractivity contribution in [1.82, 2.24) is 9.97 Å². The van der Waals surface area contributed by atoms with Gasteiger partial charge in [-0.2, -0.15) is 0 Å². The molecule has 0 bridgehead atoms. The van der Waals surface area contributed by atoms with Crippen LogP contribution in [-0.4, -0.2) is 9.97 Å². The zero-order valence-corrected chi connectivity index (χ0v) is 33.7. The molecule has 7 aromatic rings. The molecule has 0 unspecified atom stereocenters. The number of hydrogen-bond acceptors (Lipinski definition) is 5. The first-order valence-corrected chi connectivity index (χ1v) is 18.0. The van der Waals surface area contributed by atoms with E-state index >= 15 is 0 Å². The number of aromatic nitrogens is 2. The molecule has 2 aliphatic rings. The number of para-hydroxylation sites is 4. The third-order valence-corrected chi connectivity index (χ3v) is 9.49. The Morgan fingerprint density at radius 1 is 0.648 bits per heavy atom. The molecule has 6 heteroatoms. The van der Waals surface area contributed by atoms with Gasteiger partial charge in [-0.15, -0.1) is 47.5 Å². The van der Waals surface area contributed by atoms with Crippen molar-refractivity contribution in [3.05, 3.63) is 162 Å². The van der Waals surface area contributed by atoms with Crippen LogP contribution >= 0.6 is 0 Å². The molecule has 9 rings (SSSR count). The zero-order valence-electron chi connectivity index (χ0n) is 31.3. The van der Waals surface area contributed by atoms with E-state index < -0.39 is 0 Å². The summed E-state index contributed by atoms with van der Waals surface area (Å²) in [5.41, 5.74) is 14.2. The van der Waals surface area contributed by atoms with E-state index in [1.165, 1.54) is 33.4 Å². The van der Waals surface area contributed by atoms with Crippen LogP contribution in [0.1, 0.15) is 43.0 Å². The van der Waals surface area contributed by atoms with Crippen LogP contribution in [0.4, 0.5) is 17.1 Å². The zero-order chi connectivity index (χ0) is 36.7. The predicted octanol–water partition coefficient (Wildman–Crippen LogP) is 13.0. The van der Waals surface area contributed by atoms with Crippen LogP contribution in [-0.2, 0) is 26.5 Å². The Kier molecular flexibility index (Phi) is 10.3. The summed E-state index contributed by atoms with van der Waals surface area (Å²) in [5, 5.41) is 0. The number of benzene rings is 5. The monoisotopic (exact) mass is 884 g/mol. The molecule has 2 aromatic heterocycles. The van der Waals surface area contributed by atoms with E-state index in [2.05, 4.69) is 135 Å². The Morgan fingerprint density at radius 2 is 1.35 bits per heavy atom. The van der Waals surface area contributed by atoms with Crippen LogP contribution in [0.15, 0.2) is 128 Å². The van der Waals surface area contributed by atoms with Crippen molar-refractivity contribution in [2.24, 2.45) is 5.41 Å². The average molecular weight is 884 g/mol. The molecule has 5 nitrogen and oxygen atoms in total. The molecule has 0 fully saturated rings. The van der Waals surface area contributed by atoms with Gasteiger partial charge in [-0.25, -0.2) is 0 Å². The molecule has 4 heterocycles. The SMILES string of the molecule is CC(C)(C)Cc1ccnc(-c2[c-]cc3c4c2Oc2ccccc2N4c2ccccc2O3)c1.Cc1c[c-]c(-c2cc(-c3ccccc3C)c(C)cn2)cc1.[Ir]. The number of anilines is 3. The second-order valence-corrected chi connectivity index (χ2v) is 14.9. The van der Waals surface area contributed by atoms with E-state index in [1.54, 1.807) is 0 Å². The first-order valence-electron chi connectivity index (χ1n) is 18.0. The van der Waals surface area contributed by atoms with Gasteiger partial charge >= 0.3 is 0 Å². The molecule has 0 saturated heterocycles. The van der Waals surface area contributed by atoms with Crippen LogP contribution in [0, 0.1) is 38.3 Å². The molecule has 0 N–H and O–H groups in total. The van der Waals surface area contributed by atoms with Crippen molar-refractivity contribution < 1.29 is 29.6 Å². The maximum absolute atomic E-state index is 6.47. The fourth-order valence-corrected chi connectivity index (χ4v) is 6.97. The number of pyridine rings is 2. The summed E-state index contributed by atoms with van der Waals surface area (Å²) in [7, 11) is 0.